The van der Waals surface area contributed by atoms with Gasteiger partial charge in [0.05, 0.1) is 29.2 Å². The van der Waals surface area contributed by atoms with E-state index in [1.54, 1.807) is 27.6 Å². The third-order valence-electron chi connectivity index (χ3n) is 9.11. The Kier molecular flexibility index (Phi) is 8.67. The summed E-state index contributed by atoms with van der Waals surface area (Å²) in [7, 11) is 0. The van der Waals surface area contributed by atoms with Crippen molar-refractivity contribution >= 4 is 35.2 Å². The second-order valence-corrected chi connectivity index (χ2v) is 12.9. The summed E-state index contributed by atoms with van der Waals surface area (Å²) in [5, 5.41) is 10.5. The number of esters is 1. The van der Waals surface area contributed by atoms with Crippen LogP contribution in [0.4, 0.5) is 5.69 Å². The first-order valence-corrected chi connectivity index (χ1v) is 14.8. The van der Waals surface area contributed by atoms with Gasteiger partial charge in [0.1, 0.15) is 12.6 Å². The van der Waals surface area contributed by atoms with Crippen LogP contribution in [0, 0.1) is 37.5 Å². The first-order valence-electron chi connectivity index (χ1n) is 14.0. The van der Waals surface area contributed by atoms with Crippen molar-refractivity contribution in [1.82, 2.24) is 4.90 Å². The smallest absolute Gasteiger partial charge is 0.311 e. The number of amides is 2. The van der Waals surface area contributed by atoms with Crippen LogP contribution in [0.1, 0.15) is 44.7 Å². The number of anilines is 1. The molecule has 3 unspecified atom stereocenters. The lowest BCUT2D eigenvalue weighted by Crippen LogP contribution is -2.60. The number of fused-ring (bicyclic) bond motifs is 1. The Hall–Kier alpha value is -2.58. The molecule has 3 fully saturated rings. The Balaban J connectivity index is 1.89. The number of thioether (sulfide) groups is 1. The van der Waals surface area contributed by atoms with Crippen molar-refractivity contribution in [3.63, 3.8) is 0 Å². The number of aliphatic hydroxyl groups is 1. The van der Waals surface area contributed by atoms with E-state index in [-0.39, 0.29) is 48.7 Å². The zero-order valence-corrected chi connectivity index (χ0v) is 24.6. The number of likely N-dealkylation sites (tertiary alicyclic amines) is 1. The van der Waals surface area contributed by atoms with Crippen LogP contribution < -0.4 is 4.90 Å². The van der Waals surface area contributed by atoms with Crippen LogP contribution in [0.2, 0.25) is 0 Å². The van der Waals surface area contributed by atoms with Gasteiger partial charge in [0.15, 0.2) is 0 Å². The maximum Gasteiger partial charge on any atom is 0.311 e. The minimum atomic E-state index is -0.830. The largest absolute Gasteiger partial charge is 0.461 e. The van der Waals surface area contributed by atoms with Gasteiger partial charge in [0.2, 0.25) is 5.91 Å². The van der Waals surface area contributed by atoms with Gasteiger partial charge in [0.25, 0.3) is 5.91 Å². The molecule has 4 rings (SSSR count). The minimum Gasteiger partial charge on any atom is -0.461 e. The highest BCUT2D eigenvalue weighted by atomic mass is 32.2. The molecule has 2 amide bonds. The van der Waals surface area contributed by atoms with Gasteiger partial charge >= 0.3 is 5.97 Å². The van der Waals surface area contributed by atoms with Crippen LogP contribution >= 0.6 is 11.8 Å². The fraction of sp³-hybridized carbons (Fsp3) is 0.581. The van der Waals surface area contributed by atoms with E-state index < -0.39 is 34.6 Å². The Labute approximate surface area is 236 Å². The lowest BCUT2D eigenvalue weighted by Gasteiger charge is -2.43. The standard InChI is InChI=1S/C31H42N2O5S/c1-8-13-32(22-15-18(4)11-12-20(22)6)29(36)27-31-21(7)16-24(39-31)25(30(37)38-14-9-2)26(31)28(35)33(27)23(17-34)19(5)10-3/h8-9,11-12,15,19,21,23-27,34H,1-2,10,13-14,16-17H2,3-7H3/t19-,21?,23-,24+,25-,26-,27?,31?/m0/s1. The molecule has 0 radical (unpaired) electrons. The van der Waals surface area contributed by atoms with Crippen molar-refractivity contribution in [1.29, 1.82) is 0 Å². The summed E-state index contributed by atoms with van der Waals surface area (Å²) in [5.41, 5.74) is 2.75. The minimum absolute atomic E-state index is 0.0179. The maximum absolute atomic E-state index is 14.9. The van der Waals surface area contributed by atoms with Crippen LogP contribution in [-0.2, 0) is 19.1 Å². The Morgan fingerprint density at radius 3 is 2.64 bits per heavy atom. The highest BCUT2D eigenvalue weighted by Crippen LogP contribution is 2.69. The van der Waals surface area contributed by atoms with Crippen LogP contribution in [0.15, 0.2) is 43.5 Å². The Morgan fingerprint density at radius 2 is 2.03 bits per heavy atom. The summed E-state index contributed by atoms with van der Waals surface area (Å²) in [4.78, 5) is 46.0. The molecule has 2 bridgehead atoms. The molecule has 3 heterocycles. The third-order valence-corrected chi connectivity index (χ3v) is 11.2. The summed E-state index contributed by atoms with van der Waals surface area (Å²) in [6, 6.07) is 4.62. The van der Waals surface area contributed by atoms with E-state index in [2.05, 4.69) is 20.1 Å². The molecule has 39 heavy (non-hydrogen) atoms. The SMILES string of the molecule is C=CCOC(=O)[C@@H]1[C@H]2C(=O)N([C@@H](CO)[C@@H](C)CC)C(C(=O)N(CC=C)c3cc(C)ccc3C)C23S[C@@H]1CC3C. The molecular formula is C31H42N2O5S. The van der Waals surface area contributed by atoms with Crippen molar-refractivity contribution in [3.05, 3.63) is 54.6 Å². The summed E-state index contributed by atoms with van der Waals surface area (Å²) < 4.78 is 4.69. The molecule has 1 aromatic rings. The lowest BCUT2D eigenvalue weighted by atomic mass is 9.66. The molecule has 7 nitrogen and oxygen atoms in total. The van der Waals surface area contributed by atoms with E-state index in [1.165, 1.54) is 6.08 Å². The fourth-order valence-electron chi connectivity index (χ4n) is 7.01. The van der Waals surface area contributed by atoms with Crippen LogP contribution in [0.5, 0.6) is 0 Å². The van der Waals surface area contributed by atoms with Crippen LogP contribution in [0.3, 0.4) is 0 Å². The molecule has 3 aliphatic rings. The predicted octanol–water partition coefficient (Wildman–Crippen LogP) is 4.30. The number of ether oxygens (including phenoxy) is 1. The zero-order chi connectivity index (χ0) is 28.6. The van der Waals surface area contributed by atoms with Crippen molar-refractivity contribution in [2.24, 2.45) is 23.7 Å². The molecule has 0 aliphatic carbocycles. The van der Waals surface area contributed by atoms with Crippen LogP contribution in [0.25, 0.3) is 0 Å². The number of hydrogen-bond donors (Lipinski definition) is 1. The van der Waals surface area contributed by atoms with Gasteiger partial charge in [0, 0.05) is 17.5 Å². The number of hydrogen-bond acceptors (Lipinski definition) is 6. The Morgan fingerprint density at radius 1 is 1.31 bits per heavy atom. The second kappa shape index (κ2) is 11.5. The summed E-state index contributed by atoms with van der Waals surface area (Å²) in [6.07, 6.45) is 4.68. The fourth-order valence-corrected chi connectivity index (χ4v) is 9.40. The van der Waals surface area contributed by atoms with E-state index in [0.717, 1.165) is 29.7 Å². The molecule has 8 atom stereocenters. The highest BCUT2D eigenvalue weighted by Gasteiger charge is 2.77. The number of carbonyl (C=O) groups excluding carboxylic acids is 3. The van der Waals surface area contributed by atoms with Gasteiger partial charge < -0.3 is 19.6 Å². The van der Waals surface area contributed by atoms with Crippen LogP contribution in [-0.4, -0.2) is 69.6 Å². The molecule has 0 saturated carbocycles. The average molecular weight is 555 g/mol. The quantitative estimate of drug-likeness (QED) is 0.324. The highest BCUT2D eigenvalue weighted by molar-refractivity contribution is 8.02. The van der Waals surface area contributed by atoms with Crippen molar-refractivity contribution in [3.8, 4) is 0 Å². The summed E-state index contributed by atoms with van der Waals surface area (Å²) >= 11 is 1.61. The van der Waals surface area contributed by atoms with E-state index in [9.17, 15) is 19.5 Å². The molecule has 1 N–H and O–H groups in total. The number of aryl methyl sites for hydroxylation is 2. The monoisotopic (exact) mass is 554 g/mol. The lowest BCUT2D eigenvalue weighted by molar-refractivity contribution is -0.154. The van der Waals surface area contributed by atoms with Crippen molar-refractivity contribution in [2.75, 3.05) is 24.7 Å². The number of carbonyl (C=O) groups is 3. The zero-order valence-electron chi connectivity index (χ0n) is 23.8. The topological polar surface area (TPSA) is 87.1 Å². The molecule has 1 aromatic carbocycles. The first kappa shape index (κ1) is 29.4. The molecule has 1 spiro atoms. The van der Waals surface area contributed by atoms with Crippen molar-refractivity contribution < 1.29 is 24.2 Å². The number of nitrogens with zero attached hydrogens (tertiary/aromatic N) is 2. The normalized spacial score (nSPS) is 30.6. The summed E-state index contributed by atoms with van der Waals surface area (Å²) in [6.45, 7) is 17.7. The van der Waals surface area contributed by atoms with Gasteiger partial charge in [-0.15, -0.1) is 18.3 Å². The Bertz CT molecular complexity index is 1150. The summed E-state index contributed by atoms with van der Waals surface area (Å²) in [5.74, 6) is -2.18. The van der Waals surface area contributed by atoms with E-state index in [4.69, 9.17) is 4.74 Å². The second-order valence-electron chi connectivity index (χ2n) is 11.4. The number of aliphatic hydroxyl groups excluding tert-OH is 1. The maximum atomic E-state index is 14.9. The van der Waals surface area contributed by atoms with Gasteiger partial charge in [-0.05, 0) is 49.3 Å². The van der Waals surface area contributed by atoms with Crippen molar-refractivity contribution in [2.45, 2.75) is 69.5 Å². The van der Waals surface area contributed by atoms with Gasteiger partial charge in [-0.1, -0.05) is 58.1 Å². The third kappa shape index (κ3) is 4.63. The number of benzene rings is 1. The first-order chi connectivity index (χ1) is 18.6. The molecule has 3 saturated heterocycles. The van der Waals surface area contributed by atoms with Gasteiger partial charge in [-0.25, -0.2) is 0 Å². The molecule has 212 valence electrons. The van der Waals surface area contributed by atoms with E-state index >= 15 is 0 Å². The predicted molar refractivity (Wildman–Crippen MR) is 155 cm³/mol. The molecular weight excluding hydrogens is 512 g/mol. The molecule has 8 heteroatoms. The molecule has 0 aromatic heterocycles. The van der Waals surface area contributed by atoms with Gasteiger partial charge in [-0.3, -0.25) is 14.4 Å². The van der Waals surface area contributed by atoms with Gasteiger partial charge in [-0.2, -0.15) is 0 Å². The molecule has 3 aliphatic heterocycles. The van der Waals surface area contributed by atoms with E-state index in [0.29, 0.717) is 0 Å². The average Bonchev–Trinajstić information content (AvgIpc) is 3.51. The van der Waals surface area contributed by atoms with E-state index in [1.807, 2.05) is 45.9 Å². The number of rotatable bonds is 11.